The van der Waals surface area contributed by atoms with Crippen molar-refractivity contribution < 1.29 is 13.9 Å². The van der Waals surface area contributed by atoms with Gasteiger partial charge in [0.25, 0.3) is 0 Å². The second-order valence-electron chi connectivity index (χ2n) is 4.71. The van der Waals surface area contributed by atoms with Gasteiger partial charge >= 0.3 is 0 Å². The summed E-state index contributed by atoms with van der Waals surface area (Å²) in [6.45, 7) is 4.17. The Balaban J connectivity index is 2.00. The number of halogens is 1. The van der Waals surface area contributed by atoms with Crippen molar-refractivity contribution in [2.75, 3.05) is 11.9 Å². The number of ketones is 1. The summed E-state index contributed by atoms with van der Waals surface area (Å²) in [5.41, 5.74) is 1.72. The lowest BCUT2D eigenvalue weighted by Gasteiger charge is -2.05. The predicted octanol–water partition coefficient (Wildman–Crippen LogP) is 4.34. The number of anilines is 1. The molecule has 1 N–H and O–H groups in total. The Hall–Kier alpha value is -2.62. The van der Waals surface area contributed by atoms with Crippen molar-refractivity contribution in [3.63, 3.8) is 0 Å². The molecule has 114 valence electrons. The number of ether oxygens (including phenoxy) is 1. The Bertz CT molecular complexity index is 678. The summed E-state index contributed by atoms with van der Waals surface area (Å²) >= 11 is 0. The van der Waals surface area contributed by atoms with Gasteiger partial charge in [-0.3, -0.25) is 4.79 Å². The molecular weight excluding hydrogens is 281 g/mol. The van der Waals surface area contributed by atoms with E-state index >= 15 is 0 Å². The van der Waals surface area contributed by atoms with Crippen LogP contribution in [0.4, 0.5) is 10.1 Å². The summed E-state index contributed by atoms with van der Waals surface area (Å²) in [7, 11) is 0. The van der Waals surface area contributed by atoms with Gasteiger partial charge in [0.15, 0.2) is 5.78 Å². The van der Waals surface area contributed by atoms with Gasteiger partial charge in [0.05, 0.1) is 6.61 Å². The molecule has 0 aliphatic carbocycles. The number of allylic oxidation sites excluding steroid dienone is 1. The van der Waals surface area contributed by atoms with E-state index in [-0.39, 0.29) is 11.6 Å². The molecule has 0 fully saturated rings. The zero-order valence-electron chi connectivity index (χ0n) is 12.6. The number of carbonyl (C=O) groups excluding carboxylic acids is 1. The first-order chi connectivity index (χ1) is 10.6. The first kappa shape index (κ1) is 15.8. The molecule has 0 atom stereocenters. The van der Waals surface area contributed by atoms with Crippen LogP contribution in [-0.4, -0.2) is 12.4 Å². The van der Waals surface area contributed by atoms with Gasteiger partial charge in [-0.1, -0.05) is 6.07 Å². The van der Waals surface area contributed by atoms with Crippen molar-refractivity contribution in [2.45, 2.75) is 13.8 Å². The normalized spacial score (nSPS) is 10.7. The van der Waals surface area contributed by atoms with E-state index in [0.717, 1.165) is 5.75 Å². The number of hydrogen-bond acceptors (Lipinski definition) is 3. The van der Waals surface area contributed by atoms with Gasteiger partial charge in [-0.15, -0.1) is 0 Å². The van der Waals surface area contributed by atoms with Crippen LogP contribution in [0.3, 0.4) is 0 Å². The number of benzene rings is 2. The van der Waals surface area contributed by atoms with Crippen molar-refractivity contribution in [1.29, 1.82) is 0 Å². The highest BCUT2D eigenvalue weighted by Crippen LogP contribution is 2.17. The average Bonchev–Trinajstić information content (AvgIpc) is 2.52. The van der Waals surface area contributed by atoms with E-state index in [1.165, 1.54) is 18.3 Å². The minimum absolute atomic E-state index is 0.135. The molecule has 0 aliphatic rings. The van der Waals surface area contributed by atoms with Gasteiger partial charge in [-0.2, -0.15) is 0 Å². The van der Waals surface area contributed by atoms with E-state index in [9.17, 15) is 9.18 Å². The van der Waals surface area contributed by atoms with E-state index < -0.39 is 0 Å². The second kappa shape index (κ2) is 7.41. The molecule has 0 unspecified atom stereocenters. The van der Waals surface area contributed by atoms with Crippen molar-refractivity contribution in [2.24, 2.45) is 0 Å². The van der Waals surface area contributed by atoms with Crippen LogP contribution in [0.5, 0.6) is 5.75 Å². The van der Waals surface area contributed by atoms with Crippen LogP contribution in [0, 0.1) is 12.7 Å². The molecule has 0 amide bonds. The molecule has 0 aromatic heterocycles. The molecule has 2 aromatic carbocycles. The van der Waals surface area contributed by atoms with Gasteiger partial charge in [0.1, 0.15) is 11.6 Å². The van der Waals surface area contributed by atoms with E-state index in [0.29, 0.717) is 23.4 Å². The summed E-state index contributed by atoms with van der Waals surface area (Å²) in [5, 5.41) is 2.92. The summed E-state index contributed by atoms with van der Waals surface area (Å²) in [4.78, 5) is 12.0. The predicted molar refractivity (Wildman–Crippen MR) is 85.8 cm³/mol. The third kappa shape index (κ3) is 3.95. The van der Waals surface area contributed by atoms with E-state index in [1.54, 1.807) is 43.3 Å². The Morgan fingerprint density at radius 1 is 1.23 bits per heavy atom. The zero-order valence-corrected chi connectivity index (χ0v) is 12.6. The maximum absolute atomic E-state index is 13.4. The fraction of sp³-hybridized carbons (Fsp3) is 0.167. The van der Waals surface area contributed by atoms with Crippen molar-refractivity contribution >= 4 is 11.5 Å². The fourth-order valence-electron chi connectivity index (χ4n) is 1.95. The summed E-state index contributed by atoms with van der Waals surface area (Å²) < 4.78 is 18.7. The van der Waals surface area contributed by atoms with Gasteiger partial charge in [-0.05, 0) is 50.2 Å². The maximum atomic E-state index is 13.4. The van der Waals surface area contributed by atoms with Crippen molar-refractivity contribution in [1.82, 2.24) is 0 Å². The van der Waals surface area contributed by atoms with E-state index in [4.69, 9.17) is 4.74 Å². The highest BCUT2D eigenvalue weighted by Gasteiger charge is 2.03. The van der Waals surface area contributed by atoms with Gasteiger partial charge in [0, 0.05) is 29.1 Å². The summed E-state index contributed by atoms with van der Waals surface area (Å²) in [6.07, 6.45) is 2.93. The zero-order chi connectivity index (χ0) is 15.9. The highest BCUT2D eigenvalue weighted by molar-refractivity contribution is 6.04. The molecule has 2 rings (SSSR count). The number of hydrogen-bond donors (Lipinski definition) is 1. The Morgan fingerprint density at radius 2 is 1.95 bits per heavy atom. The fourth-order valence-corrected chi connectivity index (χ4v) is 1.95. The Morgan fingerprint density at radius 3 is 2.64 bits per heavy atom. The molecule has 3 nitrogen and oxygen atoms in total. The third-order valence-corrected chi connectivity index (χ3v) is 3.19. The number of nitrogens with one attached hydrogen (secondary N) is 1. The highest BCUT2D eigenvalue weighted by atomic mass is 19.1. The van der Waals surface area contributed by atoms with E-state index in [2.05, 4.69) is 5.32 Å². The minimum atomic E-state index is -0.281. The minimum Gasteiger partial charge on any atom is -0.494 e. The van der Waals surface area contributed by atoms with Crippen molar-refractivity contribution in [3.05, 3.63) is 71.7 Å². The molecule has 4 heteroatoms. The number of carbonyl (C=O) groups is 1. The van der Waals surface area contributed by atoms with Crippen molar-refractivity contribution in [3.8, 4) is 5.75 Å². The Kier molecular flexibility index (Phi) is 5.31. The molecule has 0 saturated carbocycles. The van der Waals surface area contributed by atoms with Crippen LogP contribution in [0.1, 0.15) is 22.8 Å². The maximum Gasteiger partial charge on any atom is 0.187 e. The molecule has 22 heavy (non-hydrogen) atoms. The molecule has 0 bridgehead atoms. The second-order valence-corrected chi connectivity index (χ2v) is 4.71. The molecule has 0 saturated heterocycles. The summed E-state index contributed by atoms with van der Waals surface area (Å²) in [6, 6.07) is 11.7. The van der Waals surface area contributed by atoms with E-state index in [1.807, 2.05) is 6.92 Å². The topological polar surface area (TPSA) is 38.3 Å². The Labute approximate surface area is 129 Å². The van der Waals surface area contributed by atoms with Gasteiger partial charge < -0.3 is 10.1 Å². The molecule has 0 heterocycles. The lowest BCUT2D eigenvalue weighted by Crippen LogP contribution is -1.98. The monoisotopic (exact) mass is 299 g/mol. The molecule has 2 aromatic rings. The first-order valence-electron chi connectivity index (χ1n) is 7.07. The SMILES string of the molecule is CCOc1ccc(C(=O)/C=C/Nc2cccc(F)c2C)cc1. The van der Waals surface area contributed by atoms with Crippen LogP contribution in [0.25, 0.3) is 0 Å². The average molecular weight is 299 g/mol. The molecule has 0 spiro atoms. The third-order valence-electron chi connectivity index (χ3n) is 3.19. The quantitative estimate of drug-likeness (QED) is 0.637. The van der Waals surface area contributed by atoms with Gasteiger partial charge in [0.2, 0.25) is 0 Å². The van der Waals surface area contributed by atoms with Crippen LogP contribution >= 0.6 is 0 Å². The smallest absolute Gasteiger partial charge is 0.187 e. The molecular formula is C18H18FNO2. The largest absolute Gasteiger partial charge is 0.494 e. The summed E-state index contributed by atoms with van der Waals surface area (Å²) in [5.74, 6) is 0.317. The number of rotatable bonds is 6. The van der Waals surface area contributed by atoms with Crippen LogP contribution < -0.4 is 10.1 Å². The van der Waals surface area contributed by atoms with Crippen LogP contribution in [0.15, 0.2) is 54.7 Å². The first-order valence-corrected chi connectivity index (χ1v) is 7.07. The van der Waals surface area contributed by atoms with Crippen LogP contribution in [0.2, 0.25) is 0 Å². The standard InChI is InChI=1S/C18H18FNO2/c1-3-22-15-9-7-14(8-10-15)18(21)11-12-20-17-6-4-5-16(19)13(17)2/h4-12,20H,3H2,1-2H3/b12-11+. The lowest BCUT2D eigenvalue weighted by atomic mass is 10.1. The molecule has 0 aliphatic heterocycles. The molecule has 0 radical (unpaired) electrons. The van der Waals surface area contributed by atoms with Crippen LogP contribution in [-0.2, 0) is 0 Å². The van der Waals surface area contributed by atoms with Gasteiger partial charge in [-0.25, -0.2) is 4.39 Å². The lowest BCUT2D eigenvalue weighted by molar-refractivity contribution is 0.104.